The first-order chi connectivity index (χ1) is 8.58. The second-order valence-corrected chi connectivity index (χ2v) is 4.68. The van der Waals surface area contributed by atoms with Crippen molar-refractivity contribution in [2.45, 2.75) is 12.8 Å². The van der Waals surface area contributed by atoms with Gasteiger partial charge in [-0.3, -0.25) is 9.59 Å². The van der Waals surface area contributed by atoms with E-state index in [0.717, 1.165) is 0 Å². The molecule has 1 aromatic rings. The number of rotatable bonds is 2. The number of pyridine rings is 1. The van der Waals surface area contributed by atoms with Gasteiger partial charge in [0.2, 0.25) is 0 Å². The molecule has 1 aliphatic rings. The minimum atomic E-state index is -0.847. The number of likely N-dealkylation sites (tertiary alicyclic amines) is 1. The van der Waals surface area contributed by atoms with E-state index in [-0.39, 0.29) is 17.6 Å². The zero-order chi connectivity index (χ0) is 13.1. The van der Waals surface area contributed by atoms with Crippen molar-refractivity contribution < 1.29 is 14.7 Å². The maximum absolute atomic E-state index is 12.2. The molecule has 0 bridgehead atoms. The summed E-state index contributed by atoms with van der Waals surface area (Å²) >= 11 is 5.73. The standard InChI is InChI=1S/C12H13ClN2O3/c13-10-6-8(3-4-14-10)11(16)15-5-1-2-9(7-15)12(17)18/h3-4,6,9H,1-2,5,7H2,(H,17,18). The van der Waals surface area contributed by atoms with E-state index in [9.17, 15) is 9.59 Å². The highest BCUT2D eigenvalue weighted by Crippen LogP contribution is 2.19. The van der Waals surface area contributed by atoms with Gasteiger partial charge in [-0.2, -0.15) is 0 Å². The number of hydrogen-bond acceptors (Lipinski definition) is 3. The fourth-order valence-electron chi connectivity index (χ4n) is 2.08. The van der Waals surface area contributed by atoms with E-state index in [2.05, 4.69) is 4.98 Å². The highest BCUT2D eigenvalue weighted by Gasteiger charge is 2.28. The quantitative estimate of drug-likeness (QED) is 0.829. The average molecular weight is 269 g/mol. The van der Waals surface area contributed by atoms with Crippen molar-refractivity contribution >= 4 is 23.5 Å². The summed E-state index contributed by atoms with van der Waals surface area (Å²) in [6, 6.07) is 3.08. The third-order valence-electron chi connectivity index (χ3n) is 3.03. The highest BCUT2D eigenvalue weighted by molar-refractivity contribution is 6.29. The molecule has 1 N–H and O–H groups in total. The maximum Gasteiger partial charge on any atom is 0.308 e. The third-order valence-corrected chi connectivity index (χ3v) is 3.24. The van der Waals surface area contributed by atoms with Crippen LogP contribution in [-0.4, -0.2) is 40.0 Å². The van der Waals surface area contributed by atoms with E-state index in [0.29, 0.717) is 24.9 Å². The fourth-order valence-corrected chi connectivity index (χ4v) is 2.26. The van der Waals surface area contributed by atoms with Gasteiger partial charge in [0.05, 0.1) is 5.92 Å². The number of aromatic nitrogens is 1. The van der Waals surface area contributed by atoms with Gasteiger partial charge in [0.15, 0.2) is 0 Å². The van der Waals surface area contributed by atoms with Gasteiger partial charge in [0, 0.05) is 24.8 Å². The van der Waals surface area contributed by atoms with Crippen LogP contribution in [0.1, 0.15) is 23.2 Å². The Hall–Kier alpha value is -1.62. The molecule has 6 heteroatoms. The summed E-state index contributed by atoms with van der Waals surface area (Å²) in [5.74, 6) is -1.51. The molecule has 1 atom stereocenters. The van der Waals surface area contributed by atoms with Crippen molar-refractivity contribution in [2.24, 2.45) is 5.92 Å². The summed E-state index contributed by atoms with van der Waals surface area (Å²) < 4.78 is 0. The molecule has 0 saturated carbocycles. The number of amides is 1. The summed E-state index contributed by atoms with van der Waals surface area (Å²) in [4.78, 5) is 28.5. The van der Waals surface area contributed by atoms with Gasteiger partial charge in [0.25, 0.3) is 5.91 Å². The Morgan fingerprint density at radius 1 is 1.50 bits per heavy atom. The highest BCUT2D eigenvalue weighted by atomic mass is 35.5. The Labute approximate surface area is 109 Å². The van der Waals surface area contributed by atoms with Crippen LogP contribution in [0.5, 0.6) is 0 Å². The molecular weight excluding hydrogens is 256 g/mol. The Bertz CT molecular complexity index is 478. The number of carbonyl (C=O) groups excluding carboxylic acids is 1. The van der Waals surface area contributed by atoms with Crippen LogP contribution in [0, 0.1) is 5.92 Å². The number of nitrogens with zero attached hydrogens (tertiary/aromatic N) is 2. The number of carbonyl (C=O) groups is 2. The van der Waals surface area contributed by atoms with E-state index in [1.807, 2.05) is 0 Å². The summed E-state index contributed by atoms with van der Waals surface area (Å²) in [6.07, 6.45) is 2.80. The average Bonchev–Trinajstić information content (AvgIpc) is 2.38. The smallest absolute Gasteiger partial charge is 0.308 e. The van der Waals surface area contributed by atoms with Gasteiger partial charge < -0.3 is 10.0 Å². The molecule has 96 valence electrons. The van der Waals surface area contributed by atoms with Gasteiger partial charge >= 0.3 is 5.97 Å². The summed E-state index contributed by atoms with van der Waals surface area (Å²) in [7, 11) is 0. The second-order valence-electron chi connectivity index (χ2n) is 4.30. The lowest BCUT2D eigenvalue weighted by atomic mass is 9.98. The summed E-state index contributed by atoms with van der Waals surface area (Å²) in [5.41, 5.74) is 0.445. The van der Waals surface area contributed by atoms with Gasteiger partial charge in [-0.1, -0.05) is 11.6 Å². The molecule has 2 rings (SSSR count). The van der Waals surface area contributed by atoms with E-state index in [1.165, 1.54) is 12.3 Å². The minimum absolute atomic E-state index is 0.190. The summed E-state index contributed by atoms with van der Waals surface area (Å²) in [6.45, 7) is 0.844. The van der Waals surface area contributed by atoms with Crippen LogP contribution in [0.3, 0.4) is 0 Å². The fraction of sp³-hybridized carbons (Fsp3) is 0.417. The zero-order valence-corrected chi connectivity index (χ0v) is 10.4. The lowest BCUT2D eigenvalue weighted by Gasteiger charge is -2.30. The maximum atomic E-state index is 12.2. The van der Waals surface area contributed by atoms with Crippen molar-refractivity contribution in [1.29, 1.82) is 0 Å². The van der Waals surface area contributed by atoms with Crippen LogP contribution in [0.25, 0.3) is 0 Å². The van der Waals surface area contributed by atoms with E-state index < -0.39 is 11.9 Å². The molecule has 0 radical (unpaired) electrons. The third kappa shape index (κ3) is 2.79. The van der Waals surface area contributed by atoms with Crippen LogP contribution < -0.4 is 0 Å². The van der Waals surface area contributed by atoms with E-state index in [4.69, 9.17) is 16.7 Å². The van der Waals surface area contributed by atoms with Crippen LogP contribution in [0.15, 0.2) is 18.3 Å². The number of carboxylic acids is 1. The first-order valence-corrected chi connectivity index (χ1v) is 6.09. The predicted molar refractivity (Wildman–Crippen MR) is 65.5 cm³/mol. The van der Waals surface area contributed by atoms with Crippen molar-refractivity contribution in [3.05, 3.63) is 29.0 Å². The molecule has 1 aromatic heterocycles. The van der Waals surface area contributed by atoms with Gasteiger partial charge in [-0.15, -0.1) is 0 Å². The van der Waals surface area contributed by atoms with Crippen LogP contribution in [-0.2, 0) is 4.79 Å². The second kappa shape index (κ2) is 5.35. The van der Waals surface area contributed by atoms with Gasteiger partial charge in [-0.05, 0) is 25.0 Å². The normalized spacial score (nSPS) is 19.6. The van der Waals surface area contributed by atoms with E-state index in [1.54, 1.807) is 11.0 Å². The molecule has 1 saturated heterocycles. The topological polar surface area (TPSA) is 70.5 Å². The van der Waals surface area contributed by atoms with Crippen molar-refractivity contribution in [3.8, 4) is 0 Å². The largest absolute Gasteiger partial charge is 0.481 e. The molecule has 1 aliphatic heterocycles. The molecule has 5 nitrogen and oxygen atoms in total. The first kappa shape index (κ1) is 12.8. The zero-order valence-electron chi connectivity index (χ0n) is 9.67. The first-order valence-electron chi connectivity index (χ1n) is 5.71. The van der Waals surface area contributed by atoms with Crippen LogP contribution >= 0.6 is 11.6 Å². The van der Waals surface area contributed by atoms with Gasteiger partial charge in [0.1, 0.15) is 5.15 Å². The van der Waals surface area contributed by atoms with Crippen molar-refractivity contribution in [3.63, 3.8) is 0 Å². The molecule has 18 heavy (non-hydrogen) atoms. The molecule has 0 aliphatic carbocycles. The molecule has 1 amide bonds. The van der Waals surface area contributed by atoms with Gasteiger partial charge in [-0.25, -0.2) is 4.98 Å². The number of carboxylic acid groups (broad SMARTS) is 1. The Morgan fingerprint density at radius 3 is 2.94 bits per heavy atom. The molecular formula is C12H13ClN2O3. The lowest BCUT2D eigenvalue weighted by Crippen LogP contribution is -2.42. The molecule has 0 spiro atoms. The molecule has 1 unspecified atom stereocenters. The Balaban J connectivity index is 2.11. The van der Waals surface area contributed by atoms with Crippen molar-refractivity contribution in [1.82, 2.24) is 9.88 Å². The predicted octanol–water partition coefficient (Wildman–Crippen LogP) is 1.67. The van der Waals surface area contributed by atoms with Crippen molar-refractivity contribution in [2.75, 3.05) is 13.1 Å². The number of piperidine rings is 1. The minimum Gasteiger partial charge on any atom is -0.481 e. The lowest BCUT2D eigenvalue weighted by molar-refractivity contribution is -0.143. The van der Waals surface area contributed by atoms with Crippen LogP contribution in [0.2, 0.25) is 5.15 Å². The molecule has 2 heterocycles. The monoisotopic (exact) mass is 268 g/mol. The number of halogens is 1. The van der Waals surface area contributed by atoms with Crippen LogP contribution in [0.4, 0.5) is 0 Å². The number of aliphatic carboxylic acids is 1. The molecule has 0 aromatic carbocycles. The SMILES string of the molecule is O=C(O)C1CCCN(C(=O)c2ccnc(Cl)c2)C1. The van der Waals surface area contributed by atoms with E-state index >= 15 is 0 Å². The number of hydrogen-bond donors (Lipinski definition) is 1. The summed E-state index contributed by atoms with van der Waals surface area (Å²) in [5, 5.41) is 9.24. The molecule has 1 fully saturated rings. The Morgan fingerprint density at radius 2 is 2.28 bits per heavy atom. The Kier molecular flexibility index (Phi) is 3.81.